The van der Waals surface area contributed by atoms with Gasteiger partial charge in [0.2, 0.25) is 10.0 Å². The van der Waals surface area contributed by atoms with E-state index in [1.165, 1.54) is 37.1 Å². The monoisotopic (exact) mass is 348 g/mol. The molecule has 1 heterocycles. The van der Waals surface area contributed by atoms with Gasteiger partial charge in [0.25, 0.3) is 0 Å². The molecule has 1 aliphatic rings. The van der Waals surface area contributed by atoms with Crippen LogP contribution in [0.5, 0.6) is 0 Å². The van der Waals surface area contributed by atoms with Gasteiger partial charge in [-0.05, 0) is 63.2 Å². The second-order valence-corrected chi connectivity index (χ2v) is 6.90. The van der Waals surface area contributed by atoms with E-state index in [4.69, 9.17) is 5.11 Å². The summed E-state index contributed by atoms with van der Waals surface area (Å²) in [7, 11) is -3.56. The number of rotatable bonds is 7. The molecule has 0 unspecified atom stereocenters. The van der Waals surface area contributed by atoms with Crippen LogP contribution in [0.2, 0.25) is 0 Å². The van der Waals surface area contributed by atoms with Gasteiger partial charge in [0.05, 0.1) is 10.5 Å². The molecule has 0 saturated carbocycles. The fourth-order valence-electron chi connectivity index (χ4n) is 2.38. The van der Waals surface area contributed by atoms with Crippen molar-refractivity contribution >= 4 is 28.4 Å². The molecule has 8 heteroatoms. The Bertz CT molecular complexity index is 583. The van der Waals surface area contributed by atoms with E-state index in [1.807, 2.05) is 0 Å². The Morgan fingerprint density at radius 1 is 1.18 bits per heavy atom. The molecule has 0 spiro atoms. The van der Waals surface area contributed by atoms with E-state index in [9.17, 15) is 13.2 Å². The molecule has 0 aromatic heterocycles. The SMILES string of the molecule is Cl.O=C(O)c1ccc(S(=O)(=O)NCCCN2CCCC2)cc1. The van der Waals surface area contributed by atoms with Gasteiger partial charge in [-0.15, -0.1) is 12.4 Å². The molecular weight excluding hydrogens is 328 g/mol. The molecule has 1 aromatic rings. The average Bonchev–Trinajstić information content (AvgIpc) is 2.97. The molecular formula is C14H21ClN2O4S. The molecule has 1 saturated heterocycles. The van der Waals surface area contributed by atoms with Crippen LogP contribution in [-0.4, -0.2) is 50.6 Å². The van der Waals surface area contributed by atoms with Gasteiger partial charge in [0, 0.05) is 6.54 Å². The van der Waals surface area contributed by atoms with Crippen molar-refractivity contribution in [1.82, 2.24) is 9.62 Å². The van der Waals surface area contributed by atoms with Crippen LogP contribution in [0.25, 0.3) is 0 Å². The third kappa shape index (κ3) is 5.24. The van der Waals surface area contributed by atoms with Crippen LogP contribution in [-0.2, 0) is 10.0 Å². The zero-order valence-electron chi connectivity index (χ0n) is 12.2. The van der Waals surface area contributed by atoms with Crippen LogP contribution in [0.15, 0.2) is 29.2 Å². The molecule has 1 fully saturated rings. The first kappa shape index (κ1) is 18.9. The van der Waals surface area contributed by atoms with Crippen molar-refractivity contribution in [2.45, 2.75) is 24.2 Å². The maximum absolute atomic E-state index is 12.0. The summed E-state index contributed by atoms with van der Waals surface area (Å²) in [5, 5.41) is 8.79. The lowest BCUT2D eigenvalue weighted by atomic mass is 10.2. The van der Waals surface area contributed by atoms with Gasteiger partial charge in [-0.3, -0.25) is 0 Å². The third-order valence-electron chi connectivity index (χ3n) is 3.55. The highest BCUT2D eigenvalue weighted by Crippen LogP contribution is 2.11. The molecule has 124 valence electrons. The molecule has 6 nitrogen and oxygen atoms in total. The number of benzene rings is 1. The molecule has 2 N–H and O–H groups in total. The van der Waals surface area contributed by atoms with E-state index >= 15 is 0 Å². The maximum Gasteiger partial charge on any atom is 0.335 e. The molecule has 22 heavy (non-hydrogen) atoms. The van der Waals surface area contributed by atoms with Gasteiger partial charge >= 0.3 is 5.97 Å². The number of nitrogens with one attached hydrogen (secondary N) is 1. The molecule has 0 amide bonds. The summed E-state index contributed by atoms with van der Waals surface area (Å²) in [6.45, 7) is 3.49. The van der Waals surface area contributed by atoms with Crippen LogP contribution in [0.4, 0.5) is 0 Å². The minimum Gasteiger partial charge on any atom is -0.478 e. The van der Waals surface area contributed by atoms with Crippen molar-refractivity contribution in [3.63, 3.8) is 0 Å². The number of likely N-dealkylation sites (tertiary alicyclic amines) is 1. The van der Waals surface area contributed by atoms with Crippen LogP contribution < -0.4 is 4.72 Å². The van der Waals surface area contributed by atoms with Gasteiger partial charge in [-0.2, -0.15) is 0 Å². The van der Waals surface area contributed by atoms with Gasteiger partial charge in [-0.1, -0.05) is 0 Å². The van der Waals surface area contributed by atoms with Crippen LogP contribution in [0, 0.1) is 0 Å². The lowest BCUT2D eigenvalue weighted by Crippen LogP contribution is -2.28. The number of nitrogens with zero attached hydrogens (tertiary/aromatic N) is 1. The van der Waals surface area contributed by atoms with E-state index in [0.29, 0.717) is 6.54 Å². The quantitative estimate of drug-likeness (QED) is 0.730. The summed E-state index contributed by atoms with van der Waals surface area (Å²) in [5.41, 5.74) is 0.0722. The van der Waals surface area contributed by atoms with E-state index in [1.54, 1.807) is 0 Å². The van der Waals surface area contributed by atoms with E-state index in [2.05, 4.69) is 9.62 Å². The predicted molar refractivity (Wildman–Crippen MR) is 86.1 cm³/mol. The van der Waals surface area contributed by atoms with E-state index < -0.39 is 16.0 Å². The summed E-state index contributed by atoms with van der Waals surface area (Å²) in [5.74, 6) is -1.07. The predicted octanol–water partition coefficient (Wildman–Crippen LogP) is 1.57. The van der Waals surface area contributed by atoms with Crippen molar-refractivity contribution in [2.24, 2.45) is 0 Å². The minimum atomic E-state index is -3.56. The number of carboxylic acids is 1. The first-order chi connectivity index (χ1) is 9.99. The van der Waals surface area contributed by atoms with E-state index in [-0.39, 0.29) is 22.9 Å². The molecule has 0 aliphatic carbocycles. The Balaban J connectivity index is 0.00000242. The Labute approximate surface area is 137 Å². The standard InChI is InChI=1S/C14H20N2O4S.ClH/c17-14(18)12-4-6-13(7-5-12)21(19,20)15-8-3-11-16-9-1-2-10-16;/h4-7,15H,1-3,8-11H2,(H,17,18);1H. The van der Waals surface area contributed by atoms with Gasteiger partial charge in [0.15, 0.2) is 0 Å². The highest BCUT2D eigenvalue weighted by atomic mass is 35.5. The Hall–Kier alpha value is -1.15. The first-order valence-corrected chi connectivity index (χ1v) is 8.53. The number of sulfonamides is 1. The third-order valence-corrected chi connectivity index (χ3v) is 5.03. The highest BCUT2D eigenvalue weighted by molar-refractivity contribution is 7.89. The number of aromatic carboxylic acids is 1. The Kier molecular flexibility index (Phi) is 7.28. The minimum absolute atomic E-state index is 0. The summed E-state index contributed by atoms with van der Waals surface area (Å²) in [4.78, 5) is 13.1. The summed E-state index contributed by atoms with van der Waals surface area (Å²) < 4.78 is 26.6. The number of carboxylic acid groups (broad SMARTS) is 1. The molecule has 1 aromatic carbocycles. The second kappa shape index (κ2) is 8.47. The molecule has 1 aliphatic heterocycles. The van der Waals surface area contributed by atoms with Crippen molar-refractivity contribution in [1.29, 1.82) is 0 Å². The lowest BCUT2D eigenvalue weighted by Gasteiger charge is -2.14. The number of hydrogen-bond acceptors (Lipinski definition) is 4. The van der Waals surface area contributed by atoms with Crippen molar-refractivity contribution < 1.29 is 18.3 Å². The summed E-state index contributed by atoms with van der Waals surface area (Å²) in [6, 6.07) is 5.21. The van der Waals surface area contributed by atoms with Gasteiger partial charge in [-0.25, -0.2) is 17.9 Å². The van der Waals surface area contributed by atoms with Crippen molar-refractivity contribution in [2.75, 3.05) is 26.2 Å². The molecule has 0 bridgehead atoms. The fraction of sp³-hybridized carbons (Fsp3) is 0.500. The smallest absolute Gasteiger partial charge is 0.335 e. The van der Waals surface area contributed by atoms with E-state index in [0.717, 1.165) is 26.1 Å². The largest absolute Gasteiger partial charge is 0.478 e. The van der Waals surface area contributed by atoms with Crippen LogP contribution in [0.3, 0.4) is 0 Å². The molecule has 0 radical (unpaired) electrons. The molecule has 0 atom stereocenters. The average molecular weight is 349 g/mol. The Morgan fingerprint density at radius 3 is 2.32 bits per heavy atom. The fourth-order valence-corrected chi connectivity index (χ4v) is 3.45. The zero-order valence-corrected chi connectivity index (χ0v) is 13.8. The maximum atomic E-state index is 12.0. The van der Waals surface area contributed by atoms with Gasteiger partial charge < -0.3 is 10.0 Å². The van der Waals surface area contributed by atoms with Crippen LogP contribution in [0.1, 0.15) is 29.6 Å². The summed E-state index contributed by atoms with van der Waals surface area (Å²) in [6.07, 6.45) is 3.22. The van der Waals surface area contributed by atoms with Crippen molar-refractivity contribution in [3.05, 3.63) is 29.8 Å². The number of carbonyl (C=O) groups is 1. The second-order valence-electron chi connectivity index (χ2n) is 5.13. The normalized spacial score (nSPS) is 15.5. The van der Waals surface area contributed by atoms with Crippen molar-refractivity contribution in [3.8, 4) is 0 Å². The van der Waals surface area contributed by atoms with Gasteiger partial charge in [0.1, 0.15) is 0 Å². The first-order valence-electron chi connectivity index (χ1n) is 7.04. The topological polar surface area (TPSA) is 86.7 Å². The number of halogens is 1. The highest BCUT2D eigenvalue weighted by Gasteiger charge is 2.15. The zero-order chi connectivity index (χ0) is 15.3. The molecule has 2 rings (SSSR count). The summed E-state index contributed by atoms with van der Waals surface area (Å²) >= 11 is 0. The lowest BCUT2D eigenvalue weighted by molar-refractivity contribution is 0.0696. The Morgan fingerprint density at radius 2 is 1.77 bits per heavy atom. The number of hydrogen-bond donors (Lipinski definition) is 2. The van der Waals surface area contributed by atoms with Crippen LogP contribution >= 0.6 is 12.4 Å².